The summed E-state index contributed by atoms with van der Waals surface area (Å²) in [5.41, 5.74) is 9.10. The fraction of sp³-hybridized carbons (Fsp3) is 0.462. The first kappa shape index (κ1) is 30.1. The quantitative estimate of drug-likeness (QED) is 0.0886. The SMILES string of the molecule is CC(=O)c1[nH]c(CNc2ccc(C3=CC(CCC(=O)NCCOCCOCCNC(=O)CP)N3)cc2)nc1N. The lowest BCUT2D eigenvalue weighted by Crippen LogP contribution is -2.37. The van der Waals surface area contributed by atoms with Gasteiger partial charge in [0.1, 0.15) is 11.5 Å². The predicted octanol–water partition coefficient (Wildman–Crippen LogP) is 1.04. The van der Waals surface area contributed by atoms with Gasteiger partial charge in [-0.3, -0.25) is 14.4 Å². The average Bonchev–Trinajstić information content (AvgIpc) is 3.28. The summed E-state index contributed by atoms with van der Waals surface area (Å²) in [6.07, 6.45) is 3.65. The number of aromatic amines is 1. The van der Waals surface area contributed by atoms with Gasteiger partial charge in [0, 0.05) is 50.0 Å². The molecule has 0 fully saturated rings. The molecule has 0 aliphatic carbocycles. The zero-order valence-electron chi connectivity index (χ0n) is 22.2. The van der Waals surface area contributed by atoms with Gasteiger partial charge in [-0.15, -0.1) is 9.24 Å². The number of benzene rings is 1. The maximum absolute atomic E-state index is 12.1. The summed E-state index contributed by atoms with van der Waals surface area (Å²) in [6, 6.07) is 8.12. The van der Waals surface area contributed by atoms with E-state index in [0.717, 1.165) is 16.9 Å². The van der Waals surface area contributed by atoms with Gasteiger partial charge in [-0.2, -0.15) is 0 Å². The van der Waals surface area contributed by atoms with Crippen molar-refractivity contribution in [2.24, 2.45) is 0 Å². The van der Waals surface area contributed by atoms with E-state index >= 15 is 0 Å². The molecule has 2 heterocycles. The normalized spacial score (nSPS) is 14.1. The highest BCUT2D eigenvalue weighted by Crippen LogP contribution is 2.24. The van der Waals surface area contributed by atoms with E-state index in [0.29, 0.717) is 76.6 Å². The van der Waals surface area contributed by atoms with E-state index < -0.39 is 0 Å². The number of carbonyl (C=O) groups excluding carboxylic acids is 3. The number of hydrogen-bond donors (Lipinski definition) is 6. The molecule has 12 nitrogen and oxygen atoms in total. The lowest BCUT2D eigenvalue weighted by Gasteiger charge is -2.28. The number of rotatable bonds is 18. The monoisotopic (exact) mass is 559 g/mol. The summed E-state index contributed by atoms with van der Waals surface area (Å²) in [6.45, 7) is 4.54. The van der Waals surface area contributed by atoms with Crippen molar-refractivity contribution >= 4 is 44.0 Å². The molecular weight excluding hydrogens is 521 g/mol. The molecule has 39 heavy (non-hydrogen) atoms. The fourth-order valence-corrected chi connectivity index (χ4v) is 3.91. The van der Waals surface area contributed by atoms with E-state index in [2.05, 4.69) is 46.6 Å². The van der Waals surface area contributed by atoms with Crippen molar-refractivity contribution in [3.05, 3.63) is 47.4 Å². The van der Waals surface area contributed by atoms with E-state index in [1.165, 1.54) is 6.92 Å². The van der Waals surface area contributed by atoms with Crippen LogP contribution < -0.4 is 27.0 Å². The van der Waals surface area contributed by atoms with E-state index in [1.54, 1.807) is 0 Å². The zero-order valence-corrected chi connectivity index (χ0v) is 23.3. The van der Waals surface area contributed by atoms with Crippen molar-refractivity contribution < 1.29 is 23.9 Å². The molecule has 1 aliphatic rings. The van der Waals surface area contributed by atoms with Crippen LogP contribution in [0, 0.1) is 0 Å². The van der Waals surface area contributed by atoms with Crippen LogP contribution in [0.1, 0.15) is 41.6 Å². The Labute approximate surface area is 230 Å². The summed E-state index contributed by atoms with van der Waals surface area (Å²) in [5, 5.41) is 12.2. The van der Waals surface area contributed by atoms with Crippen LogP contribution in [0.4, 0.5) is 11.5 Å². The minimum atomic E-state index is -0.147. The van der Waals surface area contributed by atoms with Gasteiger partial charge in [0.05, 0.1) is 33.0 Å². The Hall–Kier alpha value is -3.47. The van der Waals surface area contributed by atoms with Crippen molar-refractivity contribution in [2.75, 3.05) is 56.7 Å². The van der Waals surface area contributed by atoms with Crippen LogP contribution in [0.15, 0.2) is 30.3 Å². The number of anilines is 2. The number of Topliss-reactive ketones (excluding diaryl/α,β-unsaturated/α-hetero) is 1. The number of nitrogen functional groups attached to an aromatic ring is 1. The number of nitrogens with zero attached hydrogens (tertiary/aromatic N) is 1. The lowest BCUT2D eigenvalue weighted by molar-refractivity contribution is -0.121. The van der Waals surface area contributed by atoms with Crippen molar-refractivity contribution in [3.63, 3.8) is 0 Å². The highest BCUT2D eigenvalue weighted by molar-refractivity contribution is 7.18. The number of aromatic nitrogens is 2. The van der Waals surface area contributed by atoms with E-state index in [1.807, 2.05) is 24.3 Å². The molecule has 212 valence electrons. The van der Waals surface area contributed by atoms with Gasteiger partial charge in [0.25, 0.3) is 0 Å². The fourth-order valence-electron chi connectivity index (χ4n) is 3.77. The summed E-state index contributed by atoms with van der Waals surface area (Å²) in [4.78, 5) is 41.7. The first-order chi connectivity index (χ1) is 18.9. The topological polar surface area (TPSA) is 172 Å². The van der Waals surface area contributed by atoms with Gasteiger partial charge < -0.3 is 41.5 Å². The Morgan fingerprint density at radius 1 is 1.03 bits per heavy atom. The van der Waals surface area contributed by atoms with E-state index in [-0.39, 0.29) is 29.5 Å². The summed E-state index contributed by atoms with van der Waals surface area (Å²) >= 11 is 0. The minimum Gasteiger partial charge on any atom is -0.382 e. The first-order valence-corrected chi connectivity index (χ1v) is 13.7. The average molecular weight is 560 g/mol. The largest absolute Gasteiger partial charge is 0.382 e. The molecule has 2 atom stereocenters. The number of amides is 2. The van der Waals surface area contributed by atoms with Crippen LogP contribution >= 0.6 is 9.24 Å². The molecule has 0 saturated carbocycles. The van der Waals surface area contributed by atoms with Crippen molar-refractivity contribution in [1.82, 2.24) is 25.9 Å². The highest BCUT2D eigenvalue weighted by Gasteiger charge is 2.20. The minimum absolute atomic E-state index is 0.00695. The molecule has 0 bridgehead atoms. The maximum Gasteiger partial charge on any atom is 0.223 e. The van der Waals surface area contributed by atoms with E-state index in [9.17, 15) is 14.4 Å². The van der Waals surface area contributed by atoms with Crippen LogP contribution in [-0.2, 0) is 25.6 Å². The van der Waals surface area contributed by atoms with Gasteiger partial charge in [0.2, 0.25) is 11.8 Å². The second-order valence-electron chi connectivity index (χ2n) is 8.93. The molecule has 1 aromatic carbocycles. The van der Waals surface area contributed by atoms with Crippen LogP contribution in [0.5, 0.6) is 0 Å². The van der Waals surface area contributed by atoms with Crippen molar-refractivity contribution in [3.8, 4) is 0 Å². The number of imidazole rings is 1. The third kappa shape index (κ3) is 10.3. The van der Waals surface area contributed by atoms with Gasteiger partial charge in [-0.25, -0.2) is 4.98 Å². The molecule has 7 N–H and O–H groups in total. The first-order valence-electron chi connectivity index (χ1n) is 12.9. The second kappa shape index (κ2) is 15.8. The summed E-state index contributed by atoms with van der Waals surface area (Å²) in [7, 11) is 2.37. The second-order valence-corrected chi connectivity index (χ2v) is 9.34. The standard InChI is InChI=1S/C26H38N7O5P/c1-17(34)25-26(27)33-22(32-25)15-30-19-4-2-18(3-5-19)21-14-20(31-21)6-7-23(35)28-8-10-37-12-13-38-11-9-29-24(36)16-39/h2-5,14,20,30-31H,6-13,15-16,27,39H2,1H3,(H,28,35)(H,29,36)(H,32,33). The summed E-state index contributed by atoms with van der Waals surface area (Å²) < 4.78 is 10.8. The Balaban J connectivity index is 1.23. The number of carbonyl (C=O) groups is 3. The molecule has 1 aromatic heterocycles. The van der Waals surface area contributed by atoms with Gasteiger partial charge >= 0.3 is 0 Å². The zero-order chi connectivity index (χ0) is 28.0. The Kier molecular flexibility index (Phi) is 12.2. The number of hydrogen-bond acceptors (Lipinski definition) is 9. The Morgan fingerprint density at radius 3 is 2.26 bits per heavy atom. The number of ketones is 1. The summed E-state index contributed by atoms with van der Waals surface area (Å²) in [5.74, 6) is 0.627. The predicted molar refractivity (Wildman–Crippen MR) is 153 cm³/mol. The molecule has 0 radical (unpaired) electrons. The molecule has 3 rings (SSSR count). The molecule has 2 aromatic rings. The lowest BCUT2D eigenvalue weighted by atomic mass is 9.98. The van der Waals surface area contributed by atoms with Crippen molar-refractivity contribution in [2.45, 2.75) is 32.4 Å². The molecule has 13 heteroatoms. The van der Waals surface area contributed by atoms with Gasteiger partial charge in [-0.05, 0) is 30.2 Å². The van der Waals surface area contributed by atoms with Crippen molar-refractivity contribution in [1.29, 1.82) is 0 Å². The van der Waals surface area contributed by atoms with Crippen LogP contribution in [0.25, 0.3) is 5.70 Å². The molecule has 2 amide bonds. The Morgan fingerprint density at radius 2 is 1.67 bits per heavy atom. The molecule has 0 spiro atoms. The van der Waals surface area contributed by atoms with Crippen LogP contribution in [-0.4, -0.2) is 79.3 Å². The number of H-pyrrole nitrogens is 1. The number of ether oxygens (including phenoxy) is 2. The molecule has 1 aliphatic heterocycles. The number of nitrogens with two attached hydrogens (primary N) is 1. The molecule has 0 saturated heterocycles. The highest BCUT2D eigenvalue weighted by atomic mass is 31.0. The third-order valence-electron chi connectivity index (χ3n) is 5.87. The Bertz CT molecular complexity index is 1140. The number of nitrogens with one attached hydrogen (secondary N) is 5. The van der Waals surface area contributed by atoms with Crippen LogP contribution in [0.2, 0.25) is 0 Å². The molecule has 2 unspecified atom stereocenters. The van der Waals surface area contributed by atoms with Crippen LogP contribution in [0.3, 0.4) is 0 Å². The maximum atomic E-state index is 12.1. The van der Waals surface area contributed by atoms with E-state index in [4.69, 9.17) is 15.2 Å². The van der Waals surface area contributed by atoms with Gasteiger partial charge in [0.15, 0.2) is 11.6 Å². The smallest absolute Gasteiger partial charge is 0.223 e. The molecular formula is C26H38N7O5P. The third-order valence-corrected chi connectivity index (χ3v) is 6.25. The van der Waals surface area contributed by atoms with Gasteiger partial charge in [-0.1, -0.05) is 12.1 Å².